The third-order valence-electron chi connectivity index (χ3n) is 3.82. The number of benzene rings is 2. The van der Waals surface area contributed by atoms with E-state index in [1.54, 1.807) is 30.6 Å². The Kier molecular flexibility index (Phi) is 4.81. The molecule has 2 aromatic carbocycles. The van der Waals surface area contributed by atoms with E-state index < -0.39 is 0 Å². The lowest BCUT2D eigenvalue weighted by Crippen LogP contribution is -2.17. The molecule has 0 bridgehead atoms. The summed E-state index contributed by atoms with van der Waals surface area (Å²) in [4.78, 5) is 17.8. The standard InChI is InChI=1S/C19H20N2O2S/c1-4-11-21-15-10-9-13(2)12-17(15)24-19(21)20-18(22)14-7-5-6-8-16(14)23-3/h5-10,12H,4,11H2,1-3H3. The fourth-order valence-corrected chi connectivity index (χ4v) is 3.83. The highest BCUT2D eigenvalue weighted by atomic mass is 32.1. The number of methoxy groups -OCH3 is 1. The van der Waals surface area contributed by atoms with Crippen LogP contribution in [0.2, 0.25) is 0 Å². The molecule has 0 spiro atoms. The van der Waals surface area contributed by atoms with Crippen molar-refractivity contribution in [3.8, 4) is 5.75 Å². The molecule has 1 amide bonds. The van der Waals surface area contributed by atoms with Gasteiger partial charge in [0.2, 0.25) is 0 Å². The number of para-hydroxylation sites is 1. The fourth-order valence-electron chi connectivity index (χ4n) is 2.67. The van der Waals surface area contributed by atoms with Gasteiger partial charge in [0.1, 0.15) is 5.75 Å². The molecule has 4 nitrogen and oxygen atoms in total. The van der Waals surface area contributed by atoms with Gasteiger partial charge in [-0.05, 0) is 43.2 Å². The number of hydrogen-bond donors (Lipinski definition) is 0. The third-order valence-corrected chi connectivity index (χ3v) is 4.86. The largest absolute Gasteiger partial charge is 0.496 e. The van der Waals surface area contributed by atoms with Crippen LogP contribution in [0, 0.1) is 6.92 Å². The van der Waals surface area contributed by atoms with Crippen LogP contribution in [0.5, 0.6) is 5.75 Å². The first kappa shape index (κ1) is 16.5. The van der Waals surface area contributed by atoms with Crippen LogP contribution < -0.4 is 9.54 Å². The normalized spacial score (nSPS) is 11.9. The number of thiazole rings is 1. The molecule has 24 heavy (non-hydrogen) atoms. The van der Waals surface area contributed by atoms with Crippen molar-refractivity contribution in [2.45, 2.75) is 26.8 Å². The molecule has 0 radical (unpaired) electrons. The van der Waals surface area contributed by atoms with Gasteiger partial charge in [0.25, 0.3) is 5.91 Å². The predicted molar refractivity (Wildman–Crippen MR) is 97.7 cm³/mol. The number of aryl methyl sites for hydroxylation is 2. The Balaban J connectivity index is 2.15. The summed E-state index contributed by atoms with van der Waals surface area (Å²) >= 11 is 1.55. The molecule has 1 heterocycles. The van der Waals surface area contributed by atoms with Gasteiger partial charge in [0, 0.05) is 6.54 Å². The van der Waals surface area contributed by atoms with E-state index in [0.717, 1.165) is 28.0 Å². The Hall–Kier alpha value is -2.40. The molecule has 3 aromatic rings. The topological polar surface area (TPSA) is 43.6 Å². The number of rotatable bonds is 4. The number of amides is 1. The summed E-state index contributed by atoms with van der Waals surface area (Å²) in [7, 11) is 1.56. The minimum Gasteiger partial charge on any atom is -0.496 e. The van der Waals surface area contributed by atoms with E-state index in [1.807, 2.05) is 12.1 Å². The van der Waals surface area contributed by atoms with Crippen LogP contribution in [0.1, 0.15) is 29.3 Å². The second-order valence-corrected chi connectivity index (χ2v) is 6.63. The van der Waals surface area contributed by atoms with E-state index in [1.165, 1.54) is 5.56 Å². The first-order chi connectivity index (χ1) is 11.6. The maximum absolute atomic E-state index is 12.6. The van der Waals surface area contributed by atoms with Crippen molar-refractivity contribution in [1.29, 1.82) is 0 Å². The molecule has 0 unspecified atom stereocenters. The second kappa shape index (κ2) is 7.01. The molecule has 0 aliphatic heterocycles. The van der Waals surface area contributed by atoms with Crippen LogP contribution in [0.25, 0.3) is 10.2 Å². The molecular formula is C19H20N2O2S. The van der Waals surface area contributed by atoms with Crippen molar-refractivity contribution in [3.63, 3.8) is 0 Å². The lowest BCUT2D eigenvalue weighted by atomic mass is 10.2. The fraction of sp³-hybridized carbons (Fsp3) is 0.263. The van der Waals surface area contributed by atoms with Gasteiger partial charge in [-0.2, -0.15) is 4.99 Å². The first-order valence-electron chi connectivity index (χ1n) is 7.96. The van der Waals surface area contributed by atoms with Gasteiger partial charge in [-0.1, -0.05) is 36.5 Å². The Morgan fingerprint density at radius 1 is 1.25 bits per heavy atom. The Labute approximate surface area is 145 Å². The number of hydrogen-bond acceptors (Lipinski definition) is 3. The van der Waals surface area contributed by atoms with Gasteiger partial charge in [-0.3, -0.25) is 4.79 Å². The van der Waals surface area contributed by atoms with E-state index in [9.17, 15) is 4.79 Å². The van der Waals surface area contributed by atoms with E-state index in [0.29, 0.717) is 11.3 Å². The highest BCUT2D eigenvalue weighted by molar-refractivity contribution is 7.16. The Bertz CT molecular complexity index is 953. The zero-order valence-electron chi connectivity index (χ0n) is 14.1. The lowest BCUT2D eigenvalue weighted by molar-refractivity contribution is 0.0995. The van der Waals surface area contributed by atoms with Crippen LogP contribution in [-0.2, 0) is 6.54 Å². The predicted octanol–water partition coefficient (Wildman–Crippen LogP) is 4.17. The van der Waals surface area contributed by atoms with Gasteiger partial charge in [-0.25, -0.2) is 0 Å². The Morgan fingerprint density at radius 2 is 2.04 bits per heavy atom. The van der Waals surface area contributed by atoms with E-state index in [2.05, 4.69) is 41.6 Å². The molecule has 0 aliphatic carbocycles. The van der Waals surface area contributed by atoms with Crippen molar-refractivity contribution in [2.24, 2.45) is 4.99 Å². The third kappa shape index (κ3) is 3.12. The quantitative estimate of drug-likeness (QED) is 0.715. The number of carbonyl (C=O) groups is 1. The summed E-state index contributed by atoms with van der Waals surface area (Å²) in [5.74, 6) is 0.269. The van der Waals surface area contributed by atoms with Crippen LogP contribution >= 0.6 is 11.3 Å². The van der Waals surface area contributed by atoms with E-state index >= 15 is 0 Å². The first-order valence-corrected chi connectivity index (χ1v) is 8.77. The maximum Gasteiger partial charge on any atom is 0.283 e. The molecule has 124 valence electrons. The highest BCUT2D eigenvalue weighted by Crippen LogP contribution is 2.21. The maximum atomic E-state index is 12.6. The van der Waals surface area contributed by atoms with E-state index in [-0.39, 0.29) is 5.91 Å². The summed E-state index contributed by atoms with van der Waals surface area (Å²) in [6, 6.07) is 13.5. The van der Waals surface area contributed by atoms with Gasteiger partial charge >= 0.3 is 0 Å². The SMILES string of the molecule is CCCn1c(=NC(=O)c2ccccc2OC)sc2cc(C)ccc21. The minimum atomic E-state index is -0.277. The van der Waals surface area contributed by atoms with Gasteiger partial charge in [0.15, 0.2) is 4.80 Å². The molecule has 0 fully saturated rings. The summed E-state index contributed by atoms with van der Waals surface area (Å²) < 4.78 is 8.54. The van der Waals surface area contributed by atoms with Gasteiger partial charge in [-0.15, -0.1) is 0 Å². The monoisotopic (exact) mass is 340 g/mol. The smallest absolute Gasteiger partial charge is 0.283 e. The zero-order chi connectivity index (χ0) is 17.1. The average Bonchev–Trinajstić information content (AvgIpc) is 2.91. The molecule has 0 aliphatic rings. The highest BCUT2D eigenvalue weighted by Gasteiger charge is 2.12. The zero-order valence-corrected chi connectivity index (χ0v) is 14.9. The molecule has 0 atom stereocenters. The van der Waals surface area contributed by atoms with Crippen molar-refractivity contribution in [1.82, 2.24) is 4.57 Å². The molecule has 0 N–H and O–H groups in total. The summed E-state index contributed by atoms with van der Waals surface area (Å²) in [6.45, 7) is 5.03. The summed E-state index contributed by atoms with van der Waals surface area (Å²) in [5, 5.41) is 0. The Morgan fingerprint density at radius 3 is 2.79 bits per heavy atom. The number of fused-ring (bicyclic) bond motifs is 1. The van der Waals surface area contributed by atoms with Crippen LogP contribution in [-0.4, -0.2) is 17.6 Å². The molecular weight excluding hydrogens is 320 g/mol. The summed E-state index contributed by atoms with van der Waals surface area (Å²) in [6.07, 6.45) is 0.982. The average molecular weight is 340 g/mol. The molecule has 0 saturated heterocycles. The van der Waals surface area contributed by atoms with Crippen molar-refractivity contribution < 1.29 is 9.53 Å². The van der Waals surface area contributed by atoms with Crippen LogP contribution in [0.15, 0.2) is 47.5 Å². The molecule has 3 rings (SSSR count). The molecule has 5 heteroatoms. The molecule has 0 saturated carbocycles. The van der Waals surface area contributed by atoms with Crippen molar-refractivity contribution in [2.75, 3.05) is 7.11 Å². The van der Waals surface area contributed by atoms with Gasteiger partial charge < -0.3 is 9.30 Å². The van der Waals surface area contributed by atoms with Crippen molar-refractivity contribution in [3.05, 3.63) is 58.4 Å². The number of aromatic nitrogens is 1. The van der Waals surface area contributed by atoms with E-state index in [4.69, 9.17) is 4.74 Å². The van der Waals surface area contributed by atoms with Crippen LogP contribution in [0.4, 0.5) is 0 Å². The molecule has 1 aromatic heterocycles. The van der Waals surface area contributed by atoms with Crippen molar-refractivity contribution >= 4 is 27.5 Å². The second-order valence-electron chi connectivity index (χ2n) is 5.62. The summed E-state index contributed by atoms with van der Waals surface area (Å²) in [5.41, 5.74) is 2.81. The number of carbonyl (C=O) groups excluding carboxylic acids is 1. The number of ether oxygens (including phenoxy) is 1. The van der Waals surface area contributed by atoms with Crippen LogP contribution in [0.3, 0.4) is 0 Å². The number of nitrogens with zero attached hydrogens (tertiary/aromatic N) is 2. The minimum absolute atomic E-state index is 0.277. The van der Waals surface area contributed by atoms with Gasteiger partial charge in [0.05, 0.1) is 22.9 Å². The lowest BCUT2D eigenvalue weighted by Gasteiger charge is -2.05.